The molecule has 0 spiro atoms. The molecule has 6 nitrogen and oxygen atoms in total. The lowest BCUT2D eigenvalue weighted by Gasteiger charge is -2.39. The normalized spacial score (nSPS) is 26.6. The van der Waals surface area contributed by atoms with E-state index in [2.05, 4.69) is 16.0 Å². The summed E-state index contributed by atoms with van der Waals surface area (Å²) in [7, 11) is 0. The summed E-state index contributed by atoms with van der Waals surface area (Å²) in [5, 5.41) is 0. The molecule has 2 aromatic rings. The minimum atomic E-state index is -4.45. The Kier molecular flexibility index (Phi) is 8.07. The third-order valence-corrected chi connectivity index (χ3v) is 10.4. The molecule has 3 heterocycles. The molecule has 0 bridgehead atoms. The highest BCUT2D eigenvalue weighted by Gasteiger charge is 2.57. The Morgan fingerprint density at radius 2 is 1.90 bits per heavy atom. The summed E-state index contributed by atoms with van der Waals surface area (Å²) in [4.78, 5) is 34.8. The van der Waals surface area contributed by atoms with Crippen LogP contribution in [0.4, 0.5) is 13.2 Å². The molecule has 226 valence electrons. The van der Waals surface area contributed by atoms with Gasteiger partial charge < -0.3 is 14.5 Å². The van der Waals surface area contributed by atoms with E-state index in [0.717, 1.165) is 69.8 Å². The number of hydrogen-bond acceptors (Lipinski definition) is 5. The number of nitrogens with zero attached hydrogens (tertiary/aromatic N) is 3. The molecular weight excluding hydrogens is 543 g/mol. The molecule has 2 aliphatic heterocycles. The van der Waals surface area contributed by atoms with E-state index in [9.17, 15) is 22.8 Å². The van der Waals surface area contributed by atoms with Crippen molar-refractivity contribution in [1.82, 2.24) is 14.8 Å². The predicted molar refractivity (Wildman–Crippen MR) is 151 cm³/mol. The van der Waals surface area contributed by atoms with Crippen LogP contribution in [-0.2, 0) is 39.9 Å². The fourth-order valence-electron chi connectivity index (χ4n) is 8.34. The summed E-state index contributed by atoms with van der Waals surface area (Å²) in [5.74, 6) is 0.675. The molecule has 2 saturated carbocycles. The number of pyridine rings is 1. The molecule has 0 radical (unpaired) electrons. The number of esters is 1. The molecule has 1 amide bonds. The molecule has 4 aliphatic rings. The van der Waals surface area contributed by atoms with Gasteiger partial charge in [-0.25, -0.2) is 0 Å². The quantitative estimate of drug-likeness (QED) is 0.395. The van der Waals surface area contributed by atoms with Gasteiger partial charge in [0, 0.05) is 37.4 Å². The lowest BCUT2D eigenvalue weighted by Crippen LogP contribution is -2.47. The number of hydrogen-bond donors (Lipinski definition) is 0. The van der Waals surface area contributed by atoms with Crippen molar-refractivity contribution in [2.75, 3.05) is 26.2 Å². The van der Waals surface area contributed by atoms with Crippen LogP contribution in [0.5, 0.6) is 0 Å². The Morgan fingerprint density at radius 1 is 1.12 bits per heavy atom. The fraction of sp³-hybridized carbons (Fsp3) is 0.606. The molecule has 3 atom stereocenters. The van der Waals surface area contributed by atoms with Gasteiger partial charge in [0.1, 0.15) is 0 Å². The van der Waals surface area contributed by atoms with Crippen molar-refractivity contribution in [3.05, 3.63) is 64.5 Å². The summed E-state index contributed by atoms with van der Waals surface area (Å²) in [6, 6.07) is 9.73. The Balaban J connectivity index is 1.11. The molecule has 6 rings (SSSR count). The number of likely N-dealkylation sites (tertiary alicyclic amines) is 1. The van der Waals surface area contributed by atoms with Crippen LogP contribution in [0.25, 0.3) is 0 Å². The number of fused-ring (bicyclic) bond motifs is 2. The van der Waals surface area contributed by atoms with Crippen LogP contribution in [0.2, 0.25) is 0 Å². The first-order chi connectivity index (χ1) is 20.2. The van der Waals surface area contributed by atoms with Gasteiger partial charge in [-0.05, 0) is 93.1 Å². The second-order valence-electron chi connectivity index (χ2n) is 12.6. The van der Waals surface area contributed by atoms with E-state index in [1.807, 2.05) is 30.0 Å². The van der Waals surface area contributed by atoms with Crippen molar-refractivity contribution in [2.45, 2.75) is 89.4 Å². The number of ether oxygens (including phenoxy) is 1. The maximum Gasteiger partial charge on any atom is 0.417 e. The van der Waals surface area contributed by atoms with Crippen molar-refractivity contribution in [1.29, 1.82) is 0 Å². The van der Waals surface area contributed by atoms with E-state index in [1.54, 1.807) is 0 Å². The highest BCUT2D eigenvalue weighted by Crippen LogP contribution is 2.57. The van der Waals surface area contributed by atoms with Crippen molar-refractivity contribution < 1.29 is 27.5 Å². The average Bonchev–Trinajstić information content (AvgIpc) is 3.55. The first kappa shape index (κ1) is 29.1. The van der Waals surface area contributed by atoms with Gasteiger partial charge in [0.2, 0.25) is 5.91 Å². The third-order valence-electron chi connectivity index (χ3n) is 10.4. The first-order valence-electron chi connectivity index (χ1n) is 15.5. The van der Waals surface area contributed by atoms with Gasteiger partial charge in [-0.2, -0.15) is 13.2 Å². The van der Waals surface area contributed by atoms with Gasteiger partial charge >= 0.3 is 12.1 Å². The van der Waals surface area contributed by atoms with E-state index in [0.29, 0.717) is 55.1 Å². The van der Waals surface area contributed by atoms with E-state index < -0.39 is 17.2 Å². The number of piperidine rings is 1. The van der Waals surface area contributed by atoms with Gasteiger partial charge in [0.05, 0.1) is 24.0 Å². The van der Waals surface area contributed by atoms with Gasteiger partial charge in [0.15, 0.2) is 0 Å². The summed E-state index contributed by atoms with van der Waals surface area (Å²) >= 11 is 0. The molecule has 0 unspecified atom stereocenters. The van der Waals surface area contributed by atoms with Gasteiger partial charge in [-0.3, -0.25) is 14.6 Å². The maximum absolute atomic E-state index is 14.2. The number of rotatable bonds is 6. The van der Waals surface area contributed by atoms with Crippen LogP contribution in [0.15, 0.2) is 36.5 Å². The zero-order valence-electron chi connectivity index (χ0n) is 24.3. The summed E-state index contributed by atoms with van der Waals surface area (Å²) in [6.07, 6.45) is 4.09. The maximum atomic E-state index is 14.2. The number of halogens is 3. The van der Waals surface area contributed by atoms with Crippen molar-refractivity contribution in [3.63, 3.8) is 0 Å². The number of carbonyl (C=O) groups excluding carboxylic acids is 2. The zero-order valence-corrected chi connectivity index (χ0v) is 24.3. The number of amides is 1. The molecule has 9 heteroatoms. The van der Waals surface area contributed by atoms with Gasteiger partial charge in [-0.15, -0.1) is 0 Å². The van der Waals surface area contributed by atoms with Crippen LogP contribution in [0.3, 0.4) is 0 Å². The lowest BCUT2D eigenvalue weighted by atomic mass is 9.78. The highest BCUT2D eigenvalue weighted by atomic mass is 19.4. The highest BCUT2D eigenvalue weighted by molar-refractivity contribution is 5.84. The molecule has 42 heavy (non-hydrogen) atoms. The van der Waals surface area contributed by atoms with Gasteiger partial charge in [0.25, 0.3) is 0 Å². The van der Waals surface area contributed by atoms with Crippen LogP contribution in [-0.4, -0.2) is 58.9 Å². The lowest BCUT2D eigenvalue weighted by molar-refractivity contribution is -0.145. The SMILES string of the molecule is CCOC(=O)Cc1ccccc1C1CCN([C@@H]2C[C@H]3CCC[C@@]3(C(=O)N3CCc4ncc(C(F)(F)F)cc4C3)C2)CC1. The van der Waals surface area contributed by atoms with Crippen LogP contribution >= 0.6 is 0 Å². The second kappa shape index (κ2) is 11.6. The summed E-state index contributed by atoms with van der Waals surface area (Å²) in [5.41, 5.74) is 2.34. The van der Waals surface area contributed by atoms with E-state index in [4.69, 9.17) is 4.74 Å². The standard InChI is InChI=1S/C33H40F3N3O3/c1-2-42-30(40)17-23-6-3-4-8-28(23)22-9-13-38(14-10-22)27-18-25-7-5-12-32(25,19-27)31(41)39-15-11-29-24(21-39)16-26(20-37-29)33(34,35)36/h3-4,6,8,16,20,22,25,27H,2,5,7,9-15,17-19,21H2,1H3/t25-,27-,32-/m1/s1. The Labute approximate surface area is 245 Å². The number of benzene rings is 1. The Bertz CT molecular complexity index is 1320. The number of aromatic nitrogens is 1. The van der Waals surface area contributed by atoms with Crippen LogP contribution in [0, 0.1) is 11.3 Å². The minimum Gasteiger partial charge on any atom is -0.466 e. The molecule has 3 fully saturated rings. The minimum absolute atomic E-state index is 0.137. The van der Waals surface area contributed by atoms with E-state index in [-0.39, 0.29) is 18.4 Å². The molecule has 1 saturated heterocycles. The smallest absolute Gasteiger partial charge is 0.417 e. The fourth-order valence-corrected chi connectivity index (χ4v) is 8.34. The largest absolute Gasteiger partial charge is 0.466 e. The van der Waals surface area contributed by atoms with Gasteiger partial charge in [-0.1, -0.05) is 30.7 Å². The molecule has 1 aromatic heterocycles. The molecule has 2 aliphatic carbocycles. The van der Waals surface area contributed by atoms with Crippen molar-refractivity contribution in [3.8, 4) is 0 Å². The first-order valence-corrected chi connectivity index (χ1v) is 15.5. The monoisotopic (exact) mass is 583 g/mol. The van der Waals surface area contributed by atoms with Crippen molar-refractivity contribution in [2.24, 2.45) is 11.3 Å². The number of carbonyl (C=O) groups is 2. The van der Waals surface area contributed by atoms with Crippen LogP contribution < -0.4 is 0 Å². The molecular formula is C33H40F3N3O3. The predicted octanol–water partition coefficient (Wildman–Crippen LogP) is 5.92. The van der Waals surface area contributed by atoms with E-state index >= 15 is 0 Å². The summed E-state index contributed by atoms with van der Waals surface area (Å²) in [6.45, 7) is 4.85. The topological polar surface area (TPSA) is 62.7 Å². The van der Waals surface area contributed by atoms with E-state index in [1.165, 1.54) is 11.6 Å². The van der Waals surface area contributed by atoms with Crippen molar-refractivity contribution >= 4 is 11.9 Å². The molecule has 1 aromatic carbocycles. The zero-order chi connectivity index (χ0) is 29.5. The molecule has 0 N–H and O–H groups in total. The second-order valence-corrected chi connectivity index (χ2v) is 12.6. The Morgan fingerprint density at radius 3 is 2.67 bits per heavy atom. The van der Waals surface area contributed by atoms with Crippen LogP contribution in [0.1, 0.15) is 85.7 Å². The average molecular weight is 584 g/mol. The summed E-state index contributed by atoms with van der Waals surface area (Å²) < 4.78 is 45.2. The number of alkyl halides is 3. The Hall–Kier alpha value is -2.94. The third kappa shape index (κ3) is 5.56.